The Bertz CT molecular complexity index is 1010. The smallest absolute Gasteiger partial charge is 0.410 e. The van der Waals surface area contributed by atoms with Crippen LogP contribution < -0.4 is 5.32 Å². The molecule has 1 aliphatic carbocycles. The molecule has 1 fully saturated rings. The number of carbonyl (C=O) groups excluding carboxylic acids is 2. The van der Waals surface area contributed by atoms with Gasteiger partial charge in [0.25, 0.3) is 0 Å². The molecule has 0 spiro atoms. The number of hydrogen-bond acceptors (Lipinski definition) is 7. The Morgan fingerprint density at radius 1 is 1.40 bits per heavy atom. The number of aliphatic hydroxyl groups is 1. The van der Waals surface area contributed by atoms with Gasteiger partial charge < -0.3 is 20.1 Å². The van der Waals surface area contributed by atoms with E-state index in [-0.39, 0.29) is 12.0 Å². The zero-order valence-corrected chi connectivity index (χ0v) is 17.8. The number of thiophene rings is 2. The fraction of sp³-hybridized carbons (Fsp3) is 0.381. The van der Waals surface area contributed by atoms with Crippen LogP contribution in [-0.2, 0) is 22.4 Å². The molecule has 2 amide bonds. The largest absolute Gasteiger partial charge is 0.446 e. The van der Waals surface area contributed by atoms with E-state index in [9.17, 15) is 20.0 Å². The molecule has 7 nitrogen and oxygen atoms in total. The summed E-state index contributed by atoms with van der Waals surface area (Å²) in [6.07, 6.45) is 4.40. The van der Waals surface area contributed by atoms with E-state index >= 15 is 0 Å². The lowest BCUT2D eigenvalue weighted by atomic mass is 9.94. The monoisotopic (exact) mass is 443 g/mol. The quantitative estimate of drug-likeness (QED) is 0.705. The molecule has 3 heterocycles. The average Bonchev–Trinajstić information content (AvgIpc) is 3.45. The zero-order chi connectivity index (χ0) is 21.1. The molecule has 1 aliphatic heterocycles. The first-order valence-corrected chi connectivity index (χ1v) is 11.4. The van der Waals surface area contributed by atoms with Crippen molar-refractivity contribution >= 4 is 45.8 Å². The van der Waals surface area contributed by atoms with E-state index in [2.05, 4.69) is 11.4 Å². The highest BCUT2D eigenvalue weighted by atomic mass is 32.1. The van der Waals surface area contributed by atoms with Gasteiger partial charge in [-0.2, -0.15) is 5.26 Å². The SMILES string of the molecule is N#Cc1c(NC(=O)/C=C/c2cccs2)sc2c1CCC(OC(=O)N1CCC(O)C1)C2. The van der Waals surface area contributed by atoms with Crippen molar-refractivity contribution in [2.24, 2.45) is 0 Å². The van der Waals surface area contributed by atoms with Crippen LogP contribution in [0.4, 0.5) is 9.80 Å². The third kappa shape index (κ3) is 4.56. The van der Waals surface area contributed by atoms with Crippen LogP contribution >= 0.6 is 22.7 Å². The summed E-state index contributed by atoms with van der Waals surface area (Å²) in [5.41, 5.74) is 1.43. The molecule has 0 radical (unpaired) electrons. The number of nitrogens with zero attached hydrogens (tertiary/aromatic N) is 2. The number of rotatable bonds is 4. The first kappa shape index (κ1) is 20.6. The van der Waals surface area contributed by atoms with Crippen molar-refractivity contribution in [2.45, 2.75) is 37.9 Å². The standard InChI is InChI=1S/C21H21N3O4S2/c22-11-17-16-5-3-14(28-21(27)24-8-7-13(25)12-24)10-18(16)30-20(17)23-19(26)6-4-15-2-1-9-29-15/h1-2,4,6,9,13-14,25H,3,5,7-8,10,12H2,(H,23,26)/b6-4+. The van der Waals surface area contributed by atoms with Crippen molar-refractivity contribution in [1.82, 2.24) is 4.90 Å². The van der Waals surface area contributed by atoms with Crippen molar-refractivity contribution in [3.8, 4) is 6.07 Å². The second kappa shape index (κ2) is 9.00. The van der Waals surface area contributed by atoms with Crippen LogP contribution in [0.1, 0.15) is 33.7 Å². The van der Waals surface area contributed by atoms with Gasteiger partial charge >= 0.3 is 6.09 Å². The van der Waals surface area contributed by atoms with Gasteiger partial charge in [0.2, 0.25) is 5.91 Å². The predicted octanol–water partition coefficient (Wildman–Crippen LogP) is 3.39. The Labute approximate surface area is 182 Å². The summed E-state index contributed by atoms with van der Waals surface area (Å²) >= 11 is 2.91. The first-order valence-electron chi connectivity index (χ1n) is 9.74. The van der Waals surface area contributed by atoms with E-state index in [0.29, 0.717) is 49.3 Å². The van der Waals surface area contributed by atoms with Gasteiger partial charge in [-0.1, -0.05) is 6.07 Å². The number of nitriles is 1. The van der Waals surface area contributed by atoms with Gasteiger partial charge in [-0.25, -0.2) is 4.79 Å². The Hall–Kier alpha value is -2.67. The minimum absolute atomic E-state index is 0.268. The molecular weight excluding hydrogens is 422 g/mol. The van der Waals surface area contributed by atoms with Crippen LogP contribution in [0.3, 0.4) is 0 Å². The van der Waals surface area contributed by atoms with Crippen LogP contribution in [0.25, 0.3) is 6.08 Å². The van der Waals surface area contributed by atoms with Crippen LogP contribution in [-0.4, -0.2) is 47.3 Å². The highest BCUT2D eigenvalue weighted by Crippen LogP contribution is 2.38. The van der Waals surface area contributed by atoms with Crippen molar-refractivity contribution < 1.29 is 19.4 Å². The van der Waals surface area contributed by atoms with Crippen LogP contribution in [0.15, 0.2) is 23.6 Å². The maximum absolute atomic E-state index is 12.3. The van der Waals surface area contributed by atoms with E-state index < -0.39 is 12.2 Å². The first-order chi connectivity index (χ1) is 14.5. The molecule has 2 aromatic rings. The lowest BCUT2D eigenvalue weighted by Crippen LogP contribution is -2.35. The molecule has 2 atom stereocenters. The second-order valence-electron chi connectivity index (χ2n) is 7.29. The number of amides is 2. The van der Waals surface area contributed by atoms with Gasteiger partial charge in [0.15, 0.2) is 0 Å². The fourth-order valence-corrected chi connectivity index (χ4v) is 5.57. The summed E-state index contributed by atoms with van der Waals surface area (Å²) < 4.78 is 5.63. The minimum Gasteiger partial charge on any atom is -0.446 e. The molecule has 0 saturated carbocycles. The van der Waals surface area contributed by atoms with Gasteiger partial charge in [-0.15, -0.1) is 22.7 Å². The summed E-state index contributed by atoms with van der Waals surface area (Å²) in [6.45, 7) is 0.814. The maximum atomic E-state index is 12.3. The van der Waals surface area contributed by atoms with Gasteiger partial charge in [0, 0.05) is 35.3 Å². The predicted molar refractivity (Wildman–Crippen MR) is 116 cm³/mol. The van der Waals surface area contributed by atoms with Crippen LogP contribution in [0.2, 0.25) is 0 Å². The van der Waals surface area contributed by atoms with Gasteiger partial charge in [-0.05, 0) is 42.3 Å². The van der Waals surface area contributed by atoms with Crippen molar-refractivity contribution in [2.75, 3.05) is 18.4 Å². The zero-order valence-electron chi connectivity index (χ0n) is 16.2. The van der Waals surface area contributed by atoms with Crippen molar-refractivity contribution in [1.29, 1.82) is 5.26 Å². The summed E-state index contributed by atoms with van der Waals surface area (Å²) in [5.74, 6) is -0.283. The Balaban J connectivity index is 1.41. The number of anilines is 1. The lowest BCUT2D eigenvalue weighted by Gasteiger charge is -2.25. The van der Waals surface area contributed by atoms with Crippen molar-refractivity contribution in [3.05, 3.63) is 44.5 Å². The average molecular weight is 444 g/mol. The fourth-order valence-electron chi connectivity index (χ4n) is 3.68. The second-order valence-corrected chi connectivity index (χ2v) is 9.38. The molecule has 2 aromatic heterocycles. The molecule has 1 saturated heterocycles. The molecule has 2 aliphatic rings. The highest BCUT2D eigenvalue weighted by molar-refractivity contribution is 7.16. The summed E-state index contributed by atoms with van der Waals surface area (Å²) in [6, 6.07) is 6.05. The molecule has 4 rings (SSSR count). The molecule has 0 aromatic carbocycles. The van der Waals surface area contributed by atoms with Crippen LogP contribution in [0.5, 0.6) is 0 Å². The minimum atomic E-state index is -0.481. The van der Waals surface area contributed by atoms with Crippen molar-refractivity contribution in [3.63, 3.8) is 0 Å². The van der Waals surface area contributed by atoms with E-state index in [1.165, 1.54) is 33.6 Å². The molecule has 30 heavy (non-hydrogen) atoms. The Kier molecular flexibility index (Phi) is 6.18. The highest BCUT2D eigenvalue weighted by Gasteiger charge is 2.31. The number of hydrogen-bond donors (Lipinski definition) is 2. The number of ether oxygens (including phenoxy) is 1. The number of aliphatic hydroxyl groups excluding tert-OH is 1. The summed E-state index contributed by atoms with van der Waals surface area (Å²) in [5, 5.41) is 24.5. The Morgan fingerprint density at radius 3 is 2.97 bits per heavy atom. The van der Waals surface area contributed by atoms with E-state index in [0.717, 1.165) is 15.3 Å². The van der Waals surface area contributed by atoms with Gasteiger partial charge in [0.05, 0.1) is 11.7 Å². The molecule has 156 valence electrons. The normalized spacial score (nSPS) is 20.7. The summed E-state index contributed by atoms with van der Waals surface area (Å²) in [7, 11) is 0. The van der Waals surface area contributed by atoms with E-state index in [1.54, 1.807) is 6.08 Å². The molecule has 9 heteroatoms. The maximum Gasteiger partial charge on any atom is 0.410 e. The molecular formula is C21H21N3O4S2. The number of fused-ring (bicyclic) bond motifs is 1. The van der Waals surface area contributed by atoms with E-state index in [1.807, 2.05) is 17.5 Å². The third-order valence-electron chi connectivity index (χ3n) is 5.20. The topological polar surface area (TPSA) is 103 Å². The lowest BCUT2D eigenvalue weighted by molar-refractivity contribution is -0.111. The number of likely N-dealkylation sites (tertiary alicyclic amines) is 1. The molecule has 0 bridgehead atoms. The number of nitrogens with one attached hydrogen (secondary N) is 1. The van der Waals surface area contributed by atoms with Crippen LogP contribution in [0, 0.1) is 11.3 Å². The number of carbonyl (C=O) groups is 2. The van der Waals surface area contributed by atoms with Gasteiger partial charge in [-0.3, -0.25) is 4.79 Å². The third-order valence-corrected chi connectivity index (χ3v) is 7.21. The summed E-state index contributed by atoms with van der Waals surface area (Å²) in [4.78, 5) is 28.0. The number of β-amino-alcohol motifs (C(OH)–C–C–N with tert-alkyl or cyclic N) is 1. The van der Waals surface area contributed by atoms with Gasteiger partial charge in [0.1, 0.15) is 17.2 Å². The molecule has 2 unspecified atom stereocenters. The van der Waals surface area contributed by atoms with E-state index in [4.69, 9.17) is 4.74 Å². The Morgan fingerprint density at radius 2 is 2.27 bits per heavy atom. The molecule has 2 N–H and O–H groups in total.